The standard InChI is InChI=1S/C27H30N2O5/c1-17-13-24(31)33-26-19-9-10-27(2,3)34-21(19)14-22(25(17)26)32-16-23(30)29-12-5-4-8-20(29)18-7-6-11-28-15-18/h6-7,11,13-15,20H,4-5,8-10,12,16H2,1-3H3/t20-/m1/s1. The number of rotatable bonds is 4. The van der Waals surface area contributed by atoms with Gasteiger partial charge in [-0.25, -0.2) is 4.79 Å². The molecule has 178 valence electrons. The van der Waals surface area contributed by atoms with Crippen LogP contribution in [-0.2, 0) is 11.2 Å². The number of benzene rings is 1. The predicted molar refractivity (Wildman–Crippen MR) is 128 cm³/mol. The van der Waals surface area contributed by atoms with E-state index >= 15 is 0 Å². The van der Waals surface area contributed by atoms with Crippen LogP contribution in [0.2, 0.25) is 0 Å². The van der Waals surface area contributed by atoms with Gasteiger partial charge in [-0.3, -0.25) is 9.78 Å². The molecule has 2 aliphatic rings. The van der Waals surface area contributed by atoms with Gasteiger partial charge in [-0.05, 0) is 70.1 Å². The third kappa shape index (κ3) is 4.27. The molecule has 2 aliphatic heterocycles. The molecule has 4 heterocycles. The molecule has 1 atom stereocenters. The second-order valence-electron chi connectivity index (χ2n) is 9.84. The smallest absolute Gasteiger partial charge is 0.336 e. The first kappa shape index (κ1) is 22.4. The van der Waals surface area contributed by atoms with Crippen molar-refractivity contribution < 1.29 is 18.7 Å². The number of ether oxygens (including phenoxy) is 2. The number of hydrogen-bond acceptors (Lipinski definition) is 6. The van der Waals surface area contributed by atoms with Crippen molar-refractivity contribution in [1.29, 1.82) is 0 Å². The zero-order valence-electron chi connectivity index (χ0n) is 19.9. The van der Waals surface area contributed by atoms with Gasteiger partial charge in [0, 0.05) is 36.6 Å². The molecule has 7 heteroatoms. The number of hydrogen-bond donors (Lipinski definition) is 0. The maximum atomic E-state index is 13.3. The summed E-state index contributed by atoms with van der Waals surface area (Å²) in [5, 5.41) is 0.719. The number of aromatic nitrogens is 1. The lowest BCUT2D eigenvalue weighted by molar-refractivity contribution is -0.137. The van der Waals surface area contributed by atoms with Crippen molar-refractivity contribution in [3.8, 4) is 11.5 Å². The number of nitrogens with zero attached hydrogens (tertiary/aromatic N) is 2. The minimum Gasteiger partial charge on any atom is -0.487 e. The fourth-order valence-electron chi connectivity index (χ4n) is 5.11. The van der Waals surface area contributed by atoms with Gasteiger partial charge in [0.1, 0.15) is 22.7 Å². The number of aryl methyl sites for hydroxylation is 2. The van der Waals surface area contributed by atoms with Gasteiger partial charge in [0.05, 0.1) is 11.4 Å². The Kier molecular flexibility index (Phi) is 5.80. The van der Waals surface area contributed by atoms with Crippen LogP contribution in [0.15, 0.2) is 45.9 Å². The zero-order valence-corrected chi connectivity index (χ0v) is 19.9. The lowest BCUT2D eigenvalue weighted by Crippen LogP contribution is -2.41. The molecule has 1 saturated heterocycles. The summed E-state index contributed by atoms with van der Waals surface area (Å²) in [6.45, 7) is 6.51. The highest BCUT2D eigenvalue weighted by molar-refractivity contribution is 5.91. The van der Waals surface area contributed by atoms with Crippen LogP contribution in [0.1, 0.15) is 62.3 Å². The van der Waals surface area contributed by atoms with Gasteiger partial charge < -0.3 is 18.8 Å². The van der Waals surface area contributed by atoms with E-state index in [2.05, 4.69) is 4.98 Å². The van der Waals surface area contributed by atoms with E-state index in [1.165, 1.54) is 6.07 Å². The van der Waals surface area contributed by atoms with E-state index in [4.69, 9.17) is 13.9 Å². The van der Waals surface area contributed by atoms with Crippen molar-refractivity contribution in [1.82, 2.24) is 9.88 Å². The van der Waals surface area contributed by atoms with Gasteiger partial charge in [0.25, 0.3) is 5.91 Å². The van der Waals surface area contributed by atoms with Crippen molar-refractivity contribution >= 4 is 16.9 Å². The Hall–Kier alpha value is -3.35. The van der Waals surface area contributed by atoms with E-state index in [-0.39, 0.29) is 24.2 Å². The minimum absolute atomic E-state index is 0.00252. The average Bonchev–Trinajstić information content (AvgIpc) is 2.81. The molecule has 0 bridgehead atoms. The Labute approximate surface area is 198 Å². The molecular formula is C27H30N2O5. The molecule has 0 spiro atoms. The summed E-state index contributed by atoms with van der Waals surface area (Å²) in [4.78, 5) is 31.6. The lowest BCUT2D eigenvalue weighted by Gasteiger charge is -2.36. The van der Waals surface area contributed by atoms with E-state index < -0.39 is 5.63 Å². The van der Waals surface area contributed by atoms with Crippen LogP contribution in [0, 0.1) is 6.92 Å². The Morgan fingerprint density at radius 2 is 2.15 bits per heavy atom. The maximum Gasteiger partial charge on any atom is 0.336 e. The van der Waals surface area contributed by atoms with Crippen molar-refractivity contribution in [2.24, 2.45) is 0 Å². The predicted octanol–water partition coefficient (Wildman–Crippen LogP) is 4.73. The first-order valence-electron chi connectivity index (χ1n) is 11.9. The van der Waals surface area contributed by atoms with E-state index in [0.29, 0.717) is 23.6 Å². The Morgan fingerprint density at radius 1 is 1.29 bits per heavy atom. The van der Waals surface area contributed by atoms with Crippen LogP contribution in [0.25, 0.3) is 11.0 Å². The number of pyridine rings is 1. The van der Waals surface area contributed by atoms with Gasteiger partial charge in [-0.1, -0.05) is 6.07 Å². The molecule has 1 amide bonds. The zero-order chi connectivity index (χ0) is 23.9. The lowest BCUT2D eigenvalue weighted by atomic mass is 9.92. The molecule has 5 rings (SSSR count). The molecule has 2 aromatic heterocycles. The Balaban J connectivity index is 1.46. The van der Waals surface area contributed by atoms with Crippen molar-refractivity contribution in [2.45, 2.75) is 64.5 Å². The van der Waals surface area contributed by atoms with Crippen molar-refractivity contribution in [2.75, 3.05) is 13.2 Å². The number of fused-ring (bicyclic) bond motifs is 3. The first-order chi connectivity index (χ1) is 16.3. The van der Waals surface area contributed by atoms with Crippen LogP contribution in [0.3, 0.4) is 0 Å². The molecule has 0 unspecified atom stereocenters. The summed E-state index contributed by atoms with van der Waals surface area (Å²) < 4.78 is 18.0. The topological polar surface area (TPSA) is 81.9 Å². The number of piperidine rings is 1. The Morgan fingerprint density at radius 3 is 2.94 bits per heavy atom. The monoisotopic (exact) mass is 462 g/mol. The van der Waals surface area contributed by atoms with E-state index in [1.807, 2.05) is 50.1 Å². The van der Waals surface area contributed by atoms with Crippen LogP contribution in [0.5, 0.6) is 11.5 Å². The summed E-state index contributed by atoms with van der Waals surface area (Å²) in [6.07, 6.45) is 8.08. The van der Waals surface area contributed by atoms with Gasteiger partial charge in [-0.2, -0.15) is 0 Å². The molecular weight excluding hydrogens is 432 g/mol. The highest BCUT2D eigenvalue weighted by atomic mass is 16.5. The molecule has 0 aliphatic carbocycles. The molecule has 0 radical (unpaired) electrons. The highest BCUT2D eigenvalue weighted by Crippen LogP contribution is 2.42. The molecule has 1 fully saturated rings. The van der Waals surface area contributed by atoms with Gasteiger partial charge >= 0.3 is 5.63 Å². The largest absolute Gasteiger partial charge is 0.487 e. The first-order valence-corrected chi connectivity index (χ1v) is 11.9. The van der Waals surface area contributed by atoms with Crippen LogP contribution in [0.4, 0.5) is 0 Å². The highest BCUT2D eigenvalue weighted by Gasteiger charge is 2.32. The normalized spacial score (nSPS) is 19.4. The van der Waals surface area contributed by atoms with Gasteiger partial charge in [0.2, 0.25) is 0 Å². The molecule has 7 nitrogen and oxygen atoms in total. The SMILES string of the molecule is Cc1cc(=O)oc2c3c(cc(OCC(=O)N4CCCC[C@@H]4c4cccnc4)c12)OC(C)(C)CC3. The molecule has 3 aromatic rings. The third-order valence-corrected chi connectivity index (χ3v) is 6.85. The fourth-order valence-corrected chi connectivity index (χ4v) is 5.11. The second kappa shape index (κ2) is 8.78. The Bertz CT molecular complexity index is 1280. The fraction of sp³-hybridized carbons (Fsp3) is 0.444. The summed E-state index contributed by atoms with van der Waals surface area (Å²) in [6, 6.07) is 7.22. The third-order valence-electron chi connectivity index (χ3n) is 6.85. The van der Waals surface area contributed by atoms with Crippen LogP contribution < -0.4 is 15.1 Å². The summed E-state index contributed by atoms with van der Waals surface area (Å²) in [5.41, 5.74) is 2.43. The molecule has 1 aromatic carbocycles. The van der Waals surface area contributed by atoms with Crippen LogP contribution >= 0.6 is 0 Å². The van der Waals surface area contributed by atoms with Crippen molar-refractivity contribution in [3.63, 3.8) is 0 Å². The van der Waals surface area contributed by atoms with E-state index in [9.17, 15) is 9.59 Å². The van der Waals surface area contributed by atoms with E-state index in [1.54, 1.807) is 6.20 Å². The van der Waals surface area contributed by atoms with Gasteiger partial charge in [0.15, 0.2) is 6.61 Å². The van der Waals surface area contributed by atoms with E-state index in [0.717, 1.165) is 54.2 Å². The van der Waals surface area contributed by atoms with Crippen LogP contribution in [-0.4, -0.2) is 34.5 Å². The minimum atomic E-state index is -0.405. The number of carbonyl (C=O) groups is 1. The number of likely N-dealkylation sites (tertiary alicyclic amines) is 1. The quantitative estimate of drug-likeness (QED) is 0.521. The summed E-state index contributed by atoms with van der Waals surface area (Å²) in [7, 11) is 0. The number of carbonyl (C=O) groups excluding carboxylic acids is 1. The molecule has 0 saturated carbocycles. The maximum absolute atomic E-state index is 13.3. The molecule has 0 N–H and O–H groups in total. The summed E-state index contributed by atoms with van der Waals surface area (Å²) >= 11 is 0. The number of amides is 1. The second-order valence-corrected chi connectivity index (χ2v) is 9.84. The summed E-state index contributed by atoms with van der Waals surface area (Å²) in [5.74, 6) is 1.07. The molecule has 34 heavy (non-hydrogen) atoms. The average molecular weight is 463 g/mol. The van der Waals surface area contributed by atoms with Crippen molar-refractivity contribution in [3.05, 3.63) is 63.8 Å². The van der Waals surface area contributed by atoms with Gasteiger partial charge in [-0.15, -0.1) is 0 Å².